The van der Waals surface area contributed by atoms with Gasteiger partial charge in [0.05, 0.1) is 24.2 Å². The van der Waals surface area contributed by atoms with E-state index in [-0.39, 0.29) is 5.97 Å². The molecule has 0 aliphatic carbocycles. The lowest BCUT2D eigenvalue weighted by Gasteiger charge is -2.03. The van der Waals surface area contributed by atoms with Crippen molar-refractivity contribution in [2.45, 2.75) is 31.4 Å². The molecule has 3 rings (SSSR count). The zero-order valence-electron chi connectivity index (χ0n) is 14.7. The number of aromatic nitrogens is 3. The average molecular weight is 408 g/mol. The molecule has 0 fully saturated rings. The maximum Gasteiger partial charge on any atom is 0.341 e. The second kappa shape index (κ2) is 8.24. The van der Waals surface area contributed by atoms with E-state index in [9.17, 15) is 4.79 Å². The number of esters is 1. The van der Waals surface area contributed by atoms with Crippen molar-refractivity contribution in [2.75, 3.05) is 6.61 Å². The van der Waals surface area contributed by atoms with Gasteiger partial charge in [-0.2, -0.15) is 5.10 Å². The molecule has 0 aliphatic heterocycles. The van der Waals surface area contributed by atoms with E-state index in [1.165, 1.54) is 17.5 Å². The van der Waals surface area contributed by atoms with Crippen LogP contribution in [0.1, 0.15) is 34.2 Å². The lowest BCUT2D eigenvalue weighted by Crippen LogP contribution is -2.06. The minimum atomic E-state index is -0.361. The Hall–Kier alpha value is -1.83. The van der Waals surface area contributed by atoms with E-state index in [0.29, 0.717) is 12.2 Å². The first-order chi connectivity index (χ1) is 12.5. The van der Waals surface area contributed by atoms with Gasteiger partial charge in [0.2, 0.25) is 5.13 Å². The molecule has 5 nitrogen and oxygen atoms in total. The van der Waals surface area contributed by atoms with Gasteiger partial charge in [-0.15, -0.1) is 23.1 Å². The summed E-state index contributed by atoms with van der Waals surface area (Å²) >= 11 is 9.35. The van der Waals surface area contributed by atoms with Gasteiger partial charge in [0.25, 0.3) is 0 Å². The van der Waals surface area contributed by atoms with Crippen LogP contribution in [-0.4, -0.2) is 27.3 Å². The minimum absolute atomic E-state index is 0.338. The van der Waals surface area contributed by atoms with E-state index in [1.807, 2.05) is 31.4 Å². The number of carbonyl (C=O) groups is 1. The molecular formula is C18H18ClN3O2S2. The van der Waals surface area contributed by atoms with Crippen LogP contribution in [0.5, 0.6) is 0 Å². The Labute approximate surface area is 165 Å². The lowest BCUT2D eigenvalue weighted by atomic mass is 10.2. The van der Waals surface area contributed by atoms with Gasteiger partial charge in [0, 0.05) is 21.1 Å². The number of thioether (sulfide) groups is 1. The van der Waals surface area contributed by atoms with Gasteiger partial charge in [-0.05, 0) is 38.5 Å². The largest absolute Gasteiger partial charge is 0.462 e. The third-order valence-corrected chi connectivity index (χ3v) is 6.06. The molecule has 0 atom stereocenters. The summed E-state index contributed by atoms with van der Waals surface area (Å²) in [7, 11) is 0. The van der Waals surface area contributed by atoms with Crippen molar-refractivity contribution < 1.29 is 9.53 Å². The monoisotopic (exact) mass is 407 g/mol. The van der Waals surface area contributed by atoms with Crippen LogP contribution in [0, 0.1) is 13.8 Å². The molecule has 3 aromatic rings. The smallest absolute Gasteiger partial charge is 0.341 e. The Bertz CT molecular complexity index is 936. The van der Waals surface area contributed by atoms with Crippen molar-refractivity contribution in [3.63, 3.8) is 0 Å². The molecule has 0 spiro atoms. The SMILES string of the molecule is CCOC(=O)c1cnn(-c2nc(CSc3ccc(C)c(Cl)c3)cs2)c1C. The Balaban J connectivity index is 1.72. The van der Waals surface area contributed by atoms with Gasteiger partial charge >= 0.3 is 5.97 Å². The van der Waals surface area contributed by atoms with Gasteiger partial charge in [-0.1, -0.05) is 17.7 Å². The van der Waals surface area contributed by atoms with Crippen molar-refractivity contribution in [1.29, 1.82) is 0 Å². The van der Waals surface area contributed by atoms with E-state index in [1.54, 1.807) is 23.4 Å². The van der Waals surface area contributed by atoms with E-state index < -0.39 is 0 Å². The summed E-state index contributed by atoms with van der Waals surface area (Å²) < 4.78 is 6.72. The maximum absolute atomic E-state index is 11.9. The fraction of sp³-hybridized carbons (Fsp3) is 0.278. The van der Waals surface area contributed by atoms with Crippen LogP contribution >= 0.6 is 34.7 Å². The highest BCUT2D eigenvalue weighted by Gasteiger charge is 2.17. The molecule has 0 saturated heterocycles. The fourth-order valence-electron chi connectivity index (χ4n) is 2.29. The number of carbonyl (C=O) groups excluding carboxylic acids is 1. The quantitative estimate of drug-likeness (QED) is 0.422. The molecule has 8 heteroatoms. The molecule has 0 N–H and O–H groups in total. The van der Waals surface area contributed by atoms with Crippen LogP contribution in [0.4, 0.5) is 0 Å². The van der Waals surface area contributed by atoms with Crippen molar-refractivity contribution in [1.82, 2.24) is 14.8 Å². The topological polar surface area (TPSA) is 57.0 Å². The number of hydrogen-bond donors (Lipinski definition) is 0. The zero-order valence-corrected chi connectivity index (χ0v) is 17.0. The number of benzene rings is 1. The molecule has 0 amide bonds. The first-order valence-electron chi connectivity index (χ1n) is 8.05. The highest BCUT2D eigenvalue weighted by molar-refractivity contribution is 7.98. The third kappa shape index (κ3) is 4.11. The van der Waals surface area contributed by atoms with Crippen LogP contribution in [0.3, 0.4) is 0 Å². The Morgan fingerprint density at radius 2 is 2.19 bits per heavy atom. The number of halogens is 1. The molecule has 0 radical (unpaired) electrons. The Morgan fingerprint density at radius 1 is 1.38 bits per heavy atom. The maximum atomic E-state index is 11.9. The summed E-state index contributed by atoms with van der Waals surface area (Å²) in [5.74, 6) is 0.376. The number of nitrogens with zero attached hydrogens (tertiary/aromatic N) is 3. The predicted molar refractivity (Wildman–Crippen MR) is 106 cm³/mol. The van der Waals surface area contributed by atoms with Crippen LogP contribution in [0.15, 0.2) is 34.7 Å². The van der Waals surface area contributed by atoms with Gasteiger partial charge in [0.15, 0.2) is 0 Å². The molecule has 0 saturated carbocycles. The highest BCUT2D eigenvalue weighted by atomic mass is 35.5. The van der Waals surface area contributed by atoms with Crippen LogP contribution in [0.2, 0.25) is 5.02 Å². The molecular weight excluding hydrogens is 390 g/mol. The van der Waals surface area contributed by atoms with Crippen LogP contribution in [-0.2, 0) is 10.5 Å². The van der Waals surface area contributed by atoms with Gasteiger partial charge in [-0.25, -0.2) is 14.5 Å². The molecule has 0 unspecified atom stereocenters. The third-order valence-electron chi connectivity index (χ3n) is 3.76. The Kier molecular flexibility index (Phi) is 6.01. The van der Waals surface area contributed by atoms with Crippen molar-refractivity contribution in [3.05, 3.63) is 57.3 Å². The standard InChI is InChI=1S/C18H18ClN3O2S2/c1-4-24-17(23)15-8-20-22(12(15)3)18-21-13(10-26-18)9-25-14-6-5-11(2)16(19)7-14/h5-8,10H,4,9H2,1-3H3. The molecule has 2 heterocycles. The molecule has 1 aromatic carbocycles. The summed E-state index contributed by atoms with van der Waals surface area (Å²) in [6, 6.07) is 6.04. The fourth-order valence-corrected chi connectivity index (χ4v) is 4.30. The minimum Gasteiger partial charge on any atom is -0.462 e. The molecule has 0 bridgehead atoms. The first kappa shape index (κ1) is 18.9. The number of thiazole rings is 1. The summed E-state index contributed by atoms with van der Waals surface area (Å²) in [6.07, 6.45) is 1.53. The molecule has 26 heavy (non-hydrogen) atoms. The normalized spacial score (nSPS) is 10.9. The van der Waals surface area contributed by atoms with Gasteiger partial charge in [-0.3, -0.25) is 0 Å². The summed E-state index contributed by atoms with van der Waals surface area (Å²) in [5.41, 5.74) is 3.22. The zero-order chi connectivity index (χ0) is 18.7. The number of ether oxygens (including phenoxy) is 1. The number of rotatable bonds is 6. The molecule has 2 aromatic heterocycles. The van der Waals surface area contributed by atoms with Gasteiger partial charge in [0.1, 0.15) is 5.56 Å². The first-order valence-corrected chi connectivity index (χ1v) is 10.3. The van der Waals surface area contributed by atoms with Gasteiger partial charge < -0.3 is 4.74 Å². The number of hydrogen-bond acceptors (Lipinski definition) is 6. The number of aryl methyl sites for hydroxylation is 1. The Morgan fingerprint density at radius 3 is 2.92 bits per heavy atom. The summed E-state index contributed by atoms with van der Waals surface area (Å²) in [5, 5.41) is 7.79. The summed E-state index contributed by atoms with van der Waals surface area (Å²) in [4.78, 5) is 17.7. The van der Waals surface area contributed by atoms with Crippen LogP contribution in [0.25, 0.3) is 5.13 Å². The van der Waals surface area contributed by atoms with Crippen molar-refractivity contribution in [2.24, 2.45) is 0 Å². The highest BCUT2D eigenvalue weighted by Crippen LogP contribution is 2.28. The van der Waals surface area contributed by atoms with Crippen molar-refractivity contribution in [3.8, 4) is 5.13 Å². The van der Waals surface area contributed by atoms with E-state index in [0.717, 1.165) is 37.8 Å². The van der Waals surface area contributed by atoms with Crippen molar-refractivity contribution >= 4 is 40.7 Å². The summed E-state index contributed by atoms with van der Waals surface area (Å²) in [6.45, 7) is 5.94. The van der Waals surface area contributed by atoms with E-state index in [4.69, 9.17) is 16.3 Å². The molecule has 0 aliphatic rings. The van der Waals surface area contributed by atoms with Crippen LogP contribution < -0.4 is 0 Å². The lowest BCUT2D eigenvalue weighted by molar-refractivity contribution is 0.0525. The average Bonchev–Trinajstić information content (AvgIpc) is 3.22. The second-order valence-corrected chi connectivity index (χ2v) is 7.89. The van der Waals surface area contributed by atoms with E-state index >= 15 is 0 Å². The van der Waals surface area contributed by atoms with E-state index in [2.05, 4.69) is 16.1 Å². The second-order valence-electron chi connectivity index (χ2n) is 5.60. The molecule has 136 valence electrons. The predicted octanol–water partition coefficient (Wildman–Crippen LogP) is 5.07.